The second-order valence-electron chi connectivity index (χ2n) is 7.49. The number of anilines is 1. The number of fused-ring (bicyclic) bond motifs is 1. The number of aromatic nitrogens is 3. The van der Waals surface area contributed by atoms with E-state index < -0.39 is 5.97 Å². The minimum atomic E-state index is -0.855. The Hall–Kier alpha value is -4.17. The fourth-order valence-electron chi connectivity index (χ4n) is 3.65. The minimum absolute atomic E-state index is 0.0175. The normalized spacial score (nSPS) is 11.0. The van der Waals surface area contributed by atoms with E-state index in [1.807, 2.05) is 60.8 Å². The molecule has 0 spiro atoms. The molecule has 3 aromatic heterocycles. The van der Waals surface area contributed by atoms with Crippen LogP contribution in [0, 0.1) is 0 Å². The van der Waals surface area contributed by atoms with Crippen molar-refractivity contribution in [3.05, 3.63) is 78.6 Å². The lowest BCUT2D eigenvalue weighted by Crippen LogP contribution is -2.04. The zero-order valence-electron chi connectivity index (χ0n) is 17.5. The predicted molar refractivity (Wildman–Crippen MR) is 129 cm³/mol. The molecule has 33 heavy (non-hydrogen) atoms. The fraction of sp³-hybridized carbons (Fsp3) is 0.0800. The van der Waals surface area contributed by atoms with Crippen molar-refractivity contribution in [2.24, 2.45) is 0 Å². The maximum Gasteiger partial charge on any atom is 0.305 e. The maximum atomic E-state index is 10.8. The summed E-state index contributed by atoms with van der Waals surface area (Å²) in [4.78, 5) is 15.3. The van der Waals surface area contributed by atoms with E-state index in [1.165, 1.54) is 0 Å². The molecule has 0 fully saturated rings. The highest BCUT2D eigenvalue weighted by molar-refractivity contribution is 7.18. The van der Waals surface area contributed by atoms with Crippen LogP contribution in [0.1, 0.15) is 6.42 Å². The van der Waals surface area contributed by atoms with Gasteiger partial charge < -0.3 is 15.6 Å². The molecule has 2 aromatic carbocycles. The molecule has 5 rings (SSSR count). The topological polar surface area (TPSA) is 103 Å². The van der Waals surface area contributed by atoms with Crippen molar-refractivity contribution in [3.63, 3.8) is 0 Å². The predicted octanol–water partition coefficient (Wildman–Crippen LogP) is 5.68. The van der Waals surface area contributed by atoms with Gasteiger partial charge in [0.15, 0.2) is 0 Å². The monoisotopic (exact) mass is 456 g/mol. The highest BCUT2D eigenvalue weighted by atomic mass is 32.1. The van der Waals surface area contributed by atoms with Gasteiger partial charge in [0.2, 0.25) is 0 Å². The van der Waals surface area contributed by atoms with E-state index in [2.05, 4.69) is 15.5 Å². The van der Waals surface area contributed by atoms with Crippen molar-refractivity contribution in [2.45, 2.75) is 13.0 Å². The average Bonchev–Trinajstić information content (AvgIpc) is 3.48. The average molecular weight is 457 g/mol. The second-order valence-corrected chi connectivity index (χ2v) is 8.37. The second kappa shape index (κ2) is 8.76. The van der Waals surface area contributed by atoms with Gasteiger partial charge in [-0.2, -0.15) is 5.10 Å². The summed E-state index contributed by atoms with van der Waals surface area (Å²) in [5.41, 5.74) is 10.1. The van der Waals surface area contributed by atoms with Crippen LogP contribution in [0.15, 0.2) is 78.6 Å². The first-order valence-corrected chi connectivity index (χ1v) is 11.2. The van der Waals surface area contributed by atoms with Gasteiger partial charge in [-0.1, -0.05) is 30.3 Å². The highest BCUT2D eigenvalue weighted by Gasteiger charge is 2.16. The van der Waals surface area contributed by atoms with E-state index in [1.54, 1.807) is 28.4 Å². The molecule has 0 unspecified atom stereocenters. The van der Waals surface area contributed by atoms with E-state index in [-0.39, 0.29) is 6.42 Å². The Labute approximate surface area is 193 Å². The maximum absolute atomic E-state index is 10.8. The van der Waals surface area contributed by atoms with E-state index in [4.69, 9.17) is 15.6 Å². The third-order valence-corrected chi connectivity index (χ3v) is 6.28. The Morgan fingerprint density at radius 2 is 1.76 bits per heavy atom. The minimum Gasteiger partial charge on any atom is -0.481 e. The molecular weight excluding hydrogens is 436 g/mol. The number of benzene rings is 2. The largest absolute Gasteiger partial charge is 0.481 e. The van der Waals surface area contributed by atoms with Gasteiger partial charge in [-0.3, -0.25) is 9.48 Å². The number of carbonyl (C=O) groups is 1. The quantitative estimate of drug-likeness (QED) is 0.327. The molecule has 0 aliphatic heterocycles. The zero-order valence-corrected chi connectivity index (χ0v) is 18.3. The molecule has 7 nitrogen and oxygen atoms in total. The Kier molecular flexibility index (Phi) is 5.50. The van der Waals surface area contributed by atoms with E-state index in [0.29, 0.717) is 12.4 Å². The summed E-state index contributed by atoms with van der Waals surface area (Å²) >= 11 is 1.60. The SMILES string of the molecule is Nc1ncc(-c2cnn(CCC(=O)O)c2)c2scc(-c3ccc(Oc4ccccc4)cc3)c12. The van der Waals surface area contributed by atoms with Crippen molar-refractivity contribution in [1.29, 1.82) is 0 Å². The number of rotatable bonds is 7. The standard InChI is InChI=1S/C25H20N4O3S/c26-25-23-21(16-6-8-19(9-7-16)32-18-4-2-1-3-5-18)15-33-24(23)20(13-27-25)17-12-28-29(14-17)11-10-22(30)31/h1-9,12-15H,10-11H2,(H2,26,27)(H,30,31). The van der Waals surface area contributed by atoms with Crippen LogP contribution in [-0.2, 0) is 11.3 Å². The summed E-state index contributed by atoms with van der Waals surface area (Å²) in [6.45, 7) is 0.313. The number of aliphatic carboxylic acids is 1. The van der Waals surface area contributed by atoms with Crippen LogP contribution in [0.2, 0.25) is 0 Å². The molecule has 0 radical (unpaired) electrons. The van der Waals surface area contributed by atoms with Crippen LogP contribution in [0.4, 0.5) is 5.82 Å². The van der Waals surface area contributed by atoms with Gasteiger partial charge in [-0.25, -0.2) is 4.98 Å². The number of pyridine rings is 1. The van der Waals surface area contributed by atoms with E-state index in [9.17, 15) is 4.79 Å². The first-order valence-electron chi connectivity index (χ1n) is 10.3. The number of hydrogen-bond donors (Lipinski definition) is 2. The van der Waals surface area contributed by atoms with Crippen molar-refractivity contribution in [3.8, 4) is 33.8 Å². The number of nitrogens with two attached hydrogens (primary N) is 1. The van der Waals surface area contributed by atoms with Crippen LogP contribution in [0.3, 0.4) is 0 Å². The van der Waals surface area contributed by atoms with Gasteiger partial charge in [-0.15, -0.1) is 11.3 Å². The molecule has 3 N–H and O–H groups in total. The van der Waals surface area contributed by atoms with Crippen LogP contribution in [0.5, 0.6) is 11.5 Å². The van der Waals surface area contributed by atoms with Crippen LogP contribution < -0.4 is 10.5 Å². The van der Waals surface area contributed by atoms with Gasteiger partial charge >= 0.3 is 5.97 Å². The van der Waals surface area contributed by atoms with Crippen molar-refractivity contribution >= 4 is 33.2 Å². The number of para-hydroxylation sites is 1. The van der Waals surface area contributed by atoms with E-state index in [0.717, 1.165) is 43.8 Å². The lowest BCUT2D eigenvalue weighted by Gasteiger charge is -2.08. The molecular formula is C25H20N4O3S. The Bertz CT molecular complexity index is 1430. The number of thiophene rings is 1. The summed E-state index contributed by atoms with van der Waals surface area (Å²) in [5, 5.41) is 16.2. The Balaban J connectivity index is 1.46. The fourth-order valence-corrected chi connectivity index (χ4v) is 4.77. The number of carboxylic acids is 1. The molecule has 0 saturated heterocycles. The molecule has 5 aromatic rings. The van der Waals surface area contributed by atoms with Gasteiger partial charge in [0.25, 0.3) is 0 Å². The first kappa shape index (κ1) is 20.7. The molecule has 0 atom stereocenters. The zero-order chi connectivity index (χ0) is 22.8. The first-order chi connectivity index (χ1) is 16.1. The van der Waals surface area contributed by atoms with Crippen LogP contribution in [-0.4, -0.2) is 25.8 Å². The molecule has 0 bridgehead atoms. The smallest absolute Gasteiger partial charge is 0.305 e. The molecule has 164 valence electrons. The van der Waals surface area contributed by atoms with Crippen LogP contribution in [0.25, 0.3) is 32.3 Å². The van der Waals surface area contributed by atoms with Crippen molar-refractivity contribution < 1.29 is 14.6 Å². The van der Waals surface area contributed by atoms with Gasteiger partial charge in [-0.05, 0) is 35.2 Å². The number of hydrogen-bond acceptors (Lipinski definition) is 6. The summed E-state index contributed by atoms with van der Waals surface area (Å²) < 4.78 is 8.54. The highest BCUT2D eigenvalue weighted by Crippen LogP contribution is 2.42. The van der Waals surface area contributed by atoms with Crippen molar-refractivity contribution in [1.82, 2.24) is 14.8 Å². The van der Waals surface area contributed by atoms with Gasteiger partial charge in [0, 0.05) is 39.2 Å². The number of nitrogens with zero attached hydrogens (tertiary/aromatic N) is 3. The summed E-state index contributed by atoms with van der Waals surface area (Å²) in [7, 11) is 0. The Morgan fingerprint density at radius 3 is 2.52 bits per heavy atom. The summed E-state index contributed by atoms with van der Waals surface area (Å²) in [6, 6.07) is 17.5. The van der Waals surface area contributed by atoms with Crippen molar-refractivity contribution in [2.75, 3.05) is 5.73 Å². The van der Waals surface area contributed by atoms with Gasteiger partial charge in [0.05, 0.1) is 19.2 Å². The molecule has 0 aliphatic rings. The number of ether oxygens (including phenoxy) is 1. The number of carboxylic acid groups (broad SMARTS) is 1. The number of aryl methyl sites for hydroxylation is 1. The van der Waals surface area contributed by atoms with Crippen LogP contribution >= 0.6 is 11.3 Å². The molecule has 0 aliphatic carbocycles. The van der Waals surface area contributed by atoms with Gasteiger partial charge in [0.1, 0.15) is 17.3 Å². The summed E-state index contributed by atoms with van der Waals surface area (Å²) in [5.74, 6) is 1.15. The summed E-state index contributed by atoms with van der Waals surface area (Å²) in [6.07, 6.45) is 5.32. The molecule has 3 heterocycles. The Morgan fingerprint density at radius 1 is 1.00 bits per heavy atom. The lowest BCUT2D eigenvalue weighted by molar-refractivity contribution is -0.137. The number of nitrogen functional groups attached to an aromatic ring is 1. The third-order valence-electron chi connectivity index (χ3n) is 5.27. The molecule has 8 heteroatoms. The van der Waals surface area contributed by atoms with E-state index >= 15 is 0 Å². The third kappa shape index (κ3) is 4.28. The molecule has 0 saturated carbocycles. The molecule has 0 amide bonds. The lowest BCUT2D eigenvalue weighted by atomic mass is 10.0.